The average molecular weight is 590 g/mol. The zero-order valence-corrected chi connectivity index (χ0v) is 24.1. The fraction of sp³-hybridized carbons (Fsp3) is 0.296. The third-order valence-corrected chi connectivity index (χ3v) is 10.4. The first kappa shape index (κ1) is 28.9. The van der Waals surface area contributed by atoms with E-state index < -0.39 is 20.0 Å². The van der Waals surface area contributed by atoms with Gasteiger partial charge in [-0.2, -0.15) is 4.31 Å². The molecule has 9 nitrogen and oxygen atoms in total. The molecule has 1 saturated heterocycles. The Labute approximate surface area is 234 Å². The molecule has 3 aromatic carbocycles. The van der Waals surface area contributed by atoms with Gasteiger partial charge in [0.1, 0.15) is 5.75 Å². The SMILES string of the molecule is CCOc1ccc(NS(=O)(=O)c2ccc(NC(=O)C3CCN(S(=O)(=O)c4ccc(SC)cc4)CC3)cc2)cc1. The summed E-state index contributed by atoms with van der Waals surface area (Å²) < 4.78 is 60.8. The van der Waals surface area contributed by atoms with E-state index in [0.29, 0.717) is 36.6 Å². The molecule has 0 bridgehead atoms. The fourth-order valence-corrected chi connectivity index (χ4v) is 7.15. The van der Waals surface area contributed by atoms with E-state index in [2.05, 4.69) is 10.0 Å². The Morgan fingerprint density at radius 2 is 1.44 bits per heavy atom. The van der Waals surface area contributed by atoms with Gasteiger partial charge in [-0.25, -0.2) is 16.8 Å². The maximum atomic E-state index is 13.0. The van der Waals surface area contributed by atoms with Gasteiger partial charge in [-0.3, -0.25) is 9.52 Å². The molecule has 1 fully saturated rings. The number of rotatable bonds is 10. The Hall–Kier alpha value is -3.06. The van der Waals surface area contributed by atoms with Crippen LogP contribution in [0.25, 0.3) is 0 Å². The molecule has 1 aliphatic heterocycles. The van der Waals surface area contributed by atoms with Crippen LogP contribution >= 0.6 is 11.8 Å². The van der Waals surface area contributed by atoms with Crippen molar-refractivity contribution in [3.05, 3.63) is 72.8 Å². The molecule has 0 saturated carbocycles. The van der Waals surface area contributed by atoms with E-state index in [1.54, 1.807) is 60.3 Å². The highest BCUT2D eigenvalue weighted by Gasteiger charge is 2.32. The van der Waals surface area contributed by atoms with Crippen molar-refractivity contribution < 1.29 is 26.4 Å². The molecule has 0 aromatic heterocycles. The molecule has 0 radical (unpaired) electrons. The van der Waals surface area contributed by atoms with E-state index in [4.69, 9.17) is 4.74 Å². The number of anilines is 2. The number of thioether (sulfide) groups is 1. The third kappa shape index (κ3) is 7.13. The maximum absolute atomic E-state index is 13.0. The molecule has 208 valence electrons. The molecule has 39 heavy (non-hydrogen) atoms. The van der Waals surface area contributed by atoms with Crippen LogP contribution in [0.15, 0.2) is 87.5 Å². The summed E-state index contributed by atoms with van der Waals surface area (Å²) in [5, 5.41) is 2.82. The van der Waals surface area contributed by atoms with Crippen molar-refractivity contribution in [3.63, 3.8) is 0 Å². The molecule has 0 spiro atoms. The molecule has 0 aliphatic carbocycles. The Morgan fingerprint density at radius 1 is 0.872 bits per heavy atom. The first-order valence-electron chi connectivity index (χ1n) is 12.4. The lowest BCUT2D eigenvalue weighted by Gasteiger charge is -2.30. The third-order valence-electron chi connectivity index (χ3n) is 6.37. The molecular formula is C27H31N3O6S3. The largest absolute Gasteiger partial charge is 0.494 e. The van der Waals surface area contributed by atoms with Gasteiger partial charge in [-0.05, 0) is 98.8 Å². The van der Waals surface area contributed by atoms with Crippen LogP contribution in [0, 0.1) is 5.92 Å². The van der Waals surface area contributed by atoms with Crippen molar-refractivity contribution >= 4 is 49.1 Å². The molecule has 3 aromatic rings. The lowest BCUT2D eigenvalue weighted by atomic mass is 9.97. The number of carbonyl (C=O) groups excluding carboxylic acids is 1. The number of ether oxygens (including phenoxy) is 1. The first-order chi connectivity index (χ1) is 18.6. The summed E-state index contributed by atoms with van der Waals surface area (Å²) in [6.45, 7) is 2.88. The molecule has 1 amide bonds. The monoisotopic (exact) mass is 589 g/mol. The van der Waals surface area contributed by atoms with Gasteiger partial charge in [0, 0.05) is 35.3 Å². The molecule has 2 N–H and O–H groups in total. The van der Waals surface area contributed by atoms with Crippen molar-refractivity contribution in [2.45, 2.75) is 34.5 Å². The fourth-order valence-electron chi connectivity index (χ4n) is 4.22. The molecule has 1 heterocycles. The minimum absolute atomic E-state index is 0.0541. The second kappa shape index (κ2) is 12.4. The number of hydrogen-bond donors (Lipinski definition) is 2. The minimum atomic E-state index is -3.82. The maximum Gasteiger partial charge on any atom is 0.261 e. The van der Waals surface area contributed by atoms with Crippen LogP contribution in [0.4, 0.5) is 11.4 Å². The topological polar surface area (TPSA) is 122 Å². The van der Waals surface area contributed by atoms with Crippen molar-refractivity contribution in [1.82, 2.24) is 4.31 Å². The molecule has 0 unspecified atom stereocenters. The summed E-state index contributed by atoms with van der Waals surface area (Å²) in [6.07, 6.45) is 2.72. The highest BCUT2D eigenvalue weighted by Crippen LogP contribution is 2.27. The highest BCUT2D eigenvalue weighted by atomic mass is 32.2. The van der Waals surface area contributed by atoms with Crippen LogP contribution in [0.1, 0.15) is 19.8 Å². The summed E-state index contributed by atoms with van der Waals surface area (Å²) in [5.41, 5.74) is 0.866. The van der Waals surface area contributed by atoms with E-state index in [9.17, 15) is 21.6 Å². The van der Waals surface area contributed by atoms with Crippen LogP contribution in [0.5, 0.6) is 5.75 Å². The summed E-state index contributed by atoms with van der Waals surface area (Å²) in [5.74, 6) is 0.0772. The van der Waals surface area contributed by atoms with Crippen LogP contribution in [0.2, 0.25) is 0 Å². The van der Waals surface area contributed by atoms with Crippen LogP contribution in [-0.4, -0.2) is 53.0 Å². The standard InChI is InChI=1S/C27H31N3O6S3/c1-3-36-23-8-4-22(5-9-23)29-38(32,33)25-12-6-21(7-13-25)28-27(31)20-16-18-30(19-17-20)39(34,35)26-14-10-24(37-2)11-15-26/h4-15,20,29H,3,16-19H2,1-2H3,(H,28,31). The number of carbonyl (C=O) groups is 1. The number of piperidine rings is 1. The molecule has 12 heteroatoms. The second-order valence-electron chi connectivity index (χ2n) is 8.93. The molecule has 1 aliphatic rings. The van der Waals surface area contributed by atoms with E-state index in [1.807, 2.05) is 13.2 Å². The van der Waals surface area contributed by atoms with Crippen molar-refractivity contribution in [2.75, 3.05) is 36.0 Å². The van der Waals surface area contributed by atoms with Gasteiger partial charge in [0.05, 0.1) is 16.4 Å². The van der Waals surface area contributed by atoms with Crippen molar-refractivity contribution in [2.24, 2.45) is 5.92 Å². The van der Waals surface area contributed by atoms with E-state index >= 15 is 0 Å². The Bertz CT molecular complexity index is 1480. The van der Waals surface area contributed by atoms with E-state index in [-0.39, 0.29) is 34.7 Å². The number of sulfonamides is 2. The van der Waals surface area contributed by atoms with Gasteiger partial charge in [-0.15, -0.1) is 11.8 Å². The molecule has 4 rings (SSSR count). The van der Waals surface area contributed by atoms with Gasteiger partial charge in [0.15, 0.2) is 0 Å². The zero-order chi connectivity index (χ0) is 28.0. The number of nitrogens with zero attached hydrogens (tertiary/aromatic N) is 1. The minimum Gasteiger partial charge on any atom is -0.494 e. The van der Waals surface area contributed by atoms with Crippen LogP contribution < -0.4 is 14.8 Å². The van der Waals surface area contributed by atoms with Crippen LogP contribution in [0.3, 0.4) is 0 Å². The molecular weight excluding hydrogens is 559 g/mol. The van der Waals surface area contributed by atoms with Crippen molar-refractivity contribution in [3.8, 4) is 5.75 Å². The number of nitrogens with one attached hydrogen (secondary N) is 2. The van der Waals surface area contributed by atoms with E-state index in [0.717, 1.165) is 4.90 Å². The summed E-state index contributed by atoms with van der Waals surface area (Å²) >= 11 is 1.54. The molecule has 0 atom stereocenters. The van der Waals surface area contributed by atoms with Gasteiger partial charge < -0.3 is 10.1 Å². The first-order valence-corrected chi connectivity index (χ1v) is 16.6. The smallest absolute Gasteiger partial charge is 0.261 e. The highest BCUT2D eigenvalue weighted by molar-refractivity contribution is 7.98. The number of amides is 1. The quantitative estimate of drug-likeness (QED) is 0.330. The lowest BCUT2D eigenvalue weighted by Crippen LogP contribution is -2.41. The second-order valence-corrected chi connectivity index (χ2v) is 13.4. The predicted octanol–water partition coefficient (Wildman–Crippen LogP) is 4.65. The van der Waals surface area contributed by atoms with Gasteiger partial charge in [0.2, 0.25) is 15.9 Å². The number of benzene rings is 3. The van der Waals surface area contributed by atoms with Gasteiger partial charge in [0.25, 0.3) is 10.0 Å². The number of hydrogen-bond acceptors (Lipinski definition) is 7. The van der Waals surface area contributed by atoms with Gasteiger partial charge in [-0.1, -0.05) is 0 Å². The summed E-state index contributed by atoms with van der Waals surface area (Å²) in [6, 6.07) is 19.3. The average Bonchev–Trinajstić information content (AvgIpc) is 2.94. The Balaban J connectivity index is 1.32. The van der Waals surface area contributed by atoms with Gasteiger partial charge >= 0.3 is 0 Å². The summed E-state index contributed by atoms with van der Waals surface area (Å²) in [7, 11) is -7.44. The Morgan fingerprint density at radius 3 is 2.00 bits per heavy atom. The van der Waals surface area contributed by atoms with E-state index in [1.165, 1.54) is 28.6 Å². The summed E-state index contributed by atoms with van der Waals surface area (Å²) in [4.78, 5) is 14.1. The van der Waals surface area contributed by atoms with Crippen molar-refractivity contribution in [1.29, 1.82) is 0 Å². The van der Waals surface area contributed by atoms with Crippen LogP contribution in [-0.2, 0) is 24.8 Å². The normalized spacial score (nSPS) is 15.0. The predicted molar refractivity (Wildman–Crippen MR) is 153 cm³/mol. The Kier molecular flexibility index (Phi) is 9.21. The lowest BCUT2D eigenvalue weighted by molar-refractivity contribution is -0.120. The zero-order valence-electron chi connectivity index (χ0n) is 21.7.